The molecule has 102 valence electrons. The highest BCUT2D eigenvalue weighted by Crippen LogP contribution is 2.19. The highest BCUT2D eigenvalue weighted by molar-refractivity contribution is 5.54. The Labute approximate surface area is 114 Å². The lowest BCUT2D eigenvalue weighted by molar-refractivity contribution is 0.369. The van der Waals surface area contributed by atoms with Crippen LogP contribution in [0.3, 0.4) is 0 Å². The molecule has 0 amide bonds. The summed E-state index contributed by atoms with van der Waals surface area (Å²) in [6.07, 6.45) is 3.63. The van der Waals surface area contributed by atoms with Gasteiger partial charge >= 0.3 is 0 Å². The van der Waals surface area contributed by atoms with Crippen LogP contribution in [0, 0.1) is 12.7 Å². The van der Waals surface area contributed by atoms with Crippen LogP contribution in [0.4, 0.5) is 4.39 Å². The molecule has 0 bridgehead atoms. The van der Waals surface area contributed by atoms with E-state index in [9.17, 15) is 4.39 Å². The summed E-state index contributed by atoms with van der Waals surface area (Å²) in [4.78, 5) is 8.09. The van der Waals surface area contributed by atoms with E-state index in [1.807, 2.05) is 0 Å². The minimum atomic E-state index is -0.281. The molecule has 3 aromatic rings. The van der Waals surface area contributed by atoms with Gasteiger partial charge in [-0.15, -0.1) is 0 Å². The normalized spacial score (nSPS) is 10.9. The van der Waals surface area contributed by atoms with Crippen LogP contribution in [-0.2, 0) is 13.0 Å². The third-order valence-corrected chi connectivity index (χ3v) is 2.92. The van der Waals surface area contributed by atoms with E-state index in [1.165, 1.54) is 12.4 Å². The van der Waals surface area contributed by atoms with Crippen molar-refractivity contribution in [2.75, 3.05) is 0 Å². The summed E-state index contributed by atoms with van der Waals surface area (Å²) in [5, 5.41) is 7.84. The second kappa shape index (κ2) is 5.20. The maximum Gasteiger partial charge on any atom is 0.228 e. The minimum Gasteiger partial charge on any atom is -0.339 e. The standard InChI is InChI=1S/C13H12FN5O/c1-9-2-3-10(6-11(9)14)13-17-12(20-18-13)4-5-19-8-15-7-16-19/h2-3,6-8H,4-5H2,1H3. The molecule has 0 atom stereocenters. The van der Waals surface area contributed by atoms with Crippen LogP contribution in [0.15, 0.2) is 35.4 Å². The van der Waals surface area contributed by atoms with E-state index in [1.54, 1.807) is 30.1 Å². The van der Waals surface area contributed by atoms with Crippen LogP contribution in [-0.4, -0.2) is 24.9 Å². The van der Waals surface area contributed by atoms with Crippen molar-refractivity contribution in [3.05, 3.63) is 48.1 Å². The number of halogens is 1. The lowest BCUT2D eigenvalue weighted by Crippen LogP contribution is -2.01. The zero-order chi connectivity index (χ0) is 13.9. The molecule has 1 aromatic carbocycles. The maximum atomic E-state index is 13.5. The number of hydrogen-bond donors (Lipinski definition) is 0. The van der Waals surface area contributed by atoms with Crippen LogP contribution in [0.1, 0.15) is 11.5 Å². The first-order valence-corrected chi connectivity index (χ1v) is 6.14. The molecule has 0 spiro atoms. The molecule has 20 heavy (non-hydrogen) atoms. The third-order valence-electron chi connectivity index (χ3n) is 2.92. The Balaban J connectivity index is 1.74. The molecule has 0 N–H and O–H groups in total. The Morgan fingerprint density at radius 2 is 2.25 bits per heavy atom. The molecule has 3 rings (SSSR count). The van der Waals surface area contributed by atoms with Gasteiger partial charge in [0, 0.05) is 12.0 Å². The molecule has 0 aliphatic rings. The van der Waals surface area contributed by atoms with E-state index in [2.05, 4.69) is 20.2 Å². The number of benzene rings is 1. The Hall–Kier alpha value is -2.57. The van der Waals surface area contributed by atoms with Gasteiger partial charge in [0.25, 0.3) is 0 Å². The molecule has 0 saturated carbocycles. The van der Waals surface area contributed by atoms with E-state index < -0.39 is 0 Å². The summed E-state index contributed by atoms with van der Waals surface area (Å²) >= 11 is 0. The summed E-state index contributed by atoms with van der Waals surface area (Å²) in [6.45, 7) is 2.31. The van der Waals surface area contributed by atoms with E-state index in [4.69, 9.17) is 4.52 Å². The summed E-state index contributed by atoms with van der Waals surface area (Å²) < 4.78 is 20.3. The molecule has 0 saturated heterocycles. The van der Waals surface area contributed by atoms with E-state index in [-0.39, 0.29) is 5.82 Å². The number of hydrogen-bond acceptors (Lipinski definition) is 5. The first kappa shape index (κ1) is 12.5. The van der Waals surface area contributed by atoms with Gasteiger partial charge in [0.15, 0.2) is 0 Å². The van der Waals surface area contributed by atoms with Gasteiger partial charge in [0.05, 0.1) is 6.54 Å². The second-order valence-corrected chi connectivity index (χ2v) is 4.38. The number of nitrogens with zero attached hydrogens (tertiary/aromatic N) is 5. The molecule has 6 nitrogen and oxygen atoms in total. The average Bonchev–Trinajstić information content (AvgIpc) is 3.10. The summed E-state index contributed by atoms with van der Waals surface area (Å²) in [5.41, 5.74) is 1.19. The highest BCUT2D eigenvalue weighted by atomic mass is 19.1. The number of rotatable bonds is 4. The number of aromatic nitrogens is 5. The zero-order valence-electron chi connectivity index (χ0n) is 10.8. The second-order valence-electron chi connectivity index (χ2n) is 4.38. The lowest BCUT2D eigenvalue weighted by Gasteiger charge is -1.97. The van der Waals surface area contributed by atoms with Gasteiger partial charge in [-0.3, -0.25) is 4.68 Å². The largest absolute Gasteiger partial charge is 0.339 e. The van der Waals surface area contributed by atoms with Crippen molar-refractivity contribution in [3.63, 3.8) is 0 Å². The first-order valence-electron chi connectivity index (χ1n) is 6.14. The van der Waals surface area contributed by atoms with E-state index in [0.717, 1.165) is 0 Å². The fourth-order valence-corrected chi connectivity index (χ4v) is 1.76. The van der Waals surface area contributed by atoms with Gasteiger partial charge in [-0.25, -0.2) is 9.37 Å². The van der Waals surface area contributed by atoms with Crippen LogP contribution < -0.4 is 0 Å². The van der Waals surface area contributed by atoms with Crippen LogP contribution in [0.25, 0.3) is 11.4 Å². The smallest absolute Gasteiger partial charge is 0.228 e. The van der Waals surface area contributed by atoms with Gasteiger partial charge < -0.3 is 4.52 Å². The van der Waals surface area contributed by atoms with Crippen LogP contribution in [0.2, 0.25) is 0 Å². The highest BCUT2D eigenvalue weighted by Gasteiger charge is 2.10. The van der Waals surface area contributed by atoms with Crippen LogP contribution >= 0.6 is 0 Å². The zero-order valence-corrected chi connectivity index (χ0v) is 10.8. The summed E-state index contributed by atoms with van der Waals surface area (Å²) in [7, 11) is 0. The molecular formula is C13H12FN5O. The van der Waals surface area contributed by atoms with Crippen LogP contribution in [0.5, 0.6) is 0 Å². The fraction of sp³-hybridized carbons (Fsp3) is 0.231. The van der Waals surface area contributed by atoms with Crippen molar-refractivity contribution in [2.45, 2.75) is 19.9 Å². The third kappa shape index (κ3) is 2.56. The summed E-state index contributed by atoms with van der Waals surface area (Å²) in [5.74, 6) is 0.588. The Kier molecular flexibility index (Phi) is 3.24. The molecule has 0 aliphatic heterocycles. The quantitative estimate of drug-likeness (QED) is 0.727. The molecule has 2 aromatic heterocycles. The Morgan fingerprint density at radius 3 is 3.00 bits per heavy atom. The van der Waals surface area contributed by atoms with Crippen molar-refractivity contribution in [3.8, 4) is 11.4 Å². The predicted molar refractivity (Wildman–Crippen MR) is 68.2 cm³/mol. The Morgan fingerprint density at radius 1 is 1.35 bits per heavy atom. The molecule has 7 heteroatoms. The maximum absolute atomic E-state index is 13.5. The molecular weight excluding hydrogens is 261 g/mol. The van der Waals surface area contributed by atoms with Gasteiger partial charge in [-0.2, -0.15) is 10.1 Å². The fourth-order valence-electron chi connectivity index (χ4n) is 1.76. The molecule has 0 aliphatic carbocycles. The molecule has 0 radical (unpaired) electrons. The Bertz CT molecular complexity index is 707. The van der Waals surface area contributed by atoms with Crippen molar-refractivity contribution in [1.29, 1.82) is 0 Å². The van der Waals surface area contributed by atoms with Gasteiger partial charge in [0.1, 0.15) is 18.5 Å². The van der Waals surface area contributed by atoms with Crippen molar-refractivity contribution < 1.29 is 8.91 Å². The minimum absolute atomic E-state index is 0.281. The van der Waals surface area contributed by atoms with Gasteiger partial charge in [-0.1, -0.05) is 17.3 Å². The van der Waals surface area contributed by atoms with E-state index >= 15 is 0 Å². The van der Waals surface area contributed by atoms with E-state index in [0.29, 0.717) is 35.8 Å². The summed E-state index contributed by atoms with van der Waals surface area (Å²) in [6, 6.07) is 4.86. The van der Waals surface area contributed by atoms with Crippen molar-refractivity contribution in [1.82, 2.24) is 24.9 Å². The number of aryl methyl sites for hydroxylation is 3. The van der Waals surface area contributed by atoms with Crippen molar-refractivity contribution in [2.24, 2.45) is 0 Å². The average molecular weight is 273 g/mol. The molecule has 2 heterocycles. The predicted octanol–water partition coefficient (Wildman–Crippen LogP) is 2.02. The first-order chi connectivity index (χ1) is 9.72. The van der Waals surface area contributed by atoms with Gasteiger partial charge in [0.2, 0.25) is 11.7 Å². The topological polar surface area (TPSA) is 69.6 Å². The SMILES string of the molecule is Cc1ccc(-c2noc(CCn3cncn3)n2)cc1F. The monoisotopic (exact) mass is 273 g/mol. The molecule has 0 unspecified atom stereocenters. The lowest BCUT2D eigenvalue weighted by atomic mass is 10.1. The van der Waals surface area contributed by atoms with Crippen molar-refractivity contribution >= 4 is 0 Å². The van der Waals surface area contributed by atoms with Gasteiger partial charge in [-0.05, 0) is 18.6 Å². The molecule has 0 fully saturated rings.